The fraction of sp³-hybridized carbons (Fsp3) is 0.0312. The Bertz CT molecular complexity index is 1390. The molecule has 164 valence electrons. The van der Waals surface area contributed by atoms with Crippen LogP contribution in [-0.2, 0) is 0 Å². The van der Waals surface area contributed by atoms with Crippen LogP contribution in [0.5, 0.6) is 5.75 Å². The van der Waals surface area contributed by atoms with Gasteiger partial charge in [-0.1, -0.05) is 110 Å². The Morgan fingerprint density at radius 3 is 1.79 bits per heavy atom. The Kier molecular flexibility index (Phi) is 6.05. The predicted octanol–water partition coefficient (Wildman–Crippen LogP) is 8.23. The Balaban J connectivity index is 1.42. The number of allylic oxidation sites excluding steroid dienone is 4. The van der Waals surface area contributed by atoms with Gasteiger partial charge >= 0.3 is 0 Å². The first-order chi connectivity index (χ1) is 16.8. The van der Waals surface area contributed by atoms with Crippen molar-refractivity contribution in [1.29, 1.82) is 5.41 Å². The summed E-state index contributed by atoms with van der Waals surface area (Å²) in [6.45, 7) is 4.20. The maximum Gasteiger partial charge on any atom is 0.127 e. The number of nitrogens with one attached hydrogen (secondary N) is 1. The Hall–Kier alpha value is -4.43. The van der Waals surface area contributed by atoms with Crippen molar-refractivity contribution in [3.05, 3.63) is 133 Å². The zero-order valence-electron chi connectivity index (χ0n) is 18.9. The molecule has 0 radical (unpaired) electrons. The van der Waals surface area contributed by atoms with E-state index in [0.29, 0.717) is 6.61 Å². The van der Waals surface area contributed by atoms with Gasteiger partial charge in [0.2, 0.25) is 0 Å². The molecule has 4 aromatic rings. The van der Waals surface area contributed by atoms with Gasteiger partial charge in [-0.2, -0.15) is 0 Å². The second-order valence-corrected chi connectivity index (χ2v) is 8.19. The van der Waals surface area contributed by atoms with Gasteiger partial charge < -0.3 is 10.1 Å². The number of benzene rings is 4. The SMILES string of the molecule is C=C/C=C\C(C=N)=C1/COc2ccc(-c3ccc(-c4ccc(-c5ccccc5)cc4)cc3)cc21. The maximum atomic E-state index is 7.81. The molecule has 1 heterocycles. The summed E-state index contributed by atoms with van der Waals surface area (Å²) >= 11 is 0. The molecule has 2 nitrogen and oxygen atoms in total. The zero-order valence-corrected chi connectivity index (χ0v) is 18.9. The summed E-state index contributed by atoms with van der Waals surface area (Å²) in [6.07, 6.45) is 6.84. The molecule has 1 N–H and O–H groups in total. The average Bonchev–Trinajstić information content (AvgIpc) is 3.33. The first-order valence-electron chi connectivity index (χ1n) is 11.3. The first-order valence-corrected chi connectivity index (χ1v) is 11.3. The van der Waals surface area contributed by atoms with Crippen LogP contribution in [0.4, 0.5) is 0 Å². The third-order valence-corrected chi connectivity index (χ3v) is 6.14. The molecule has 0 unspecified atom stereocenters. The summed E-state index contributed by atoms with van der Waals surface area (Å²) in [5.74, 6) is 0.861. The van der Waals surface area contributed by atoms with Crippen molar-refractivity contribution in [1.82, 2.24) is 0 Å². The van der Waals surface area contributed by atoms with Gasteiger partial charge in [-0.15, -0.1) is 0 Å². The molecule has 1 aliphatic rings. The molecule has 0 amide bonds. The van der Waals surface area contributed by atoms with Gasteiger partial charge in [-0.3, -0.25) is 0 Å². The lowest BCUT2D eigenvalue weighted by Crippen LogP contribution is -1.93. The topological polar surface area (TPSA) is 33.1 Å². The lowest BCUT2D eigenvalue weighted by molar-refractivity contribution is 0.388. The lowest BCUT2D eigenvalue weighted by atomic mass is 9.95. The second-order valence-electron chi connectivity index (χ2n) is 8.19. The van der Waals surface area contributed by atoms with Gasteiger partial charge in [0.1, 0.15) is 12.4 Å². The van der Waals surface area contributed by atoms with Crippen LogP contribution in [-0.4, -0.2) is 12.8 Å². The van der Waals surface area contributed by atoms with Crippen LogP contribution >= 0.6 is 0 Å². The Labute approximate surface area is 200 Å². The molecule has 5 rings (SSSR count). The van der Waals surface area contributed by atoms with Crippen LogP contribution in [0.25, 0.3) is 39.0 Å². The standard InChI is InChI=1S/C32H25NO/c1-2-3-7-29(21-33)31-22-34-32-19-18-28(20-30(31)32)27-16-14-26(15-17-27)25-12-10-24(11-13-25)23-8-5-4-6-9-23/h2-21,33H,1,22H2/b7-3-,31-29-,33-21?. The molecule has 0 aromatic heterocycles. The van der Waals surface area contributed by atoms with E-state index in [2.05, 4.69) is 91.5 Å². The summed E-state index contributed by atoms with van der Waals surface area (Å²) in [4.78, 5) is 0. The van der Waals surface area contributed by atoms with E-state index >= 15 is 0 Å². The van der Waals surface area contributed by atoms with E-state index in [-0.39, 0.29) is 0 Å². The lowest BCUT2D eigenvalue weighted by Gasteiger charge is -2.08. The summed E-state index contributed by atoms with van der Waals surface area (Å²) < 4.78 is 5.86. The van der Waals surface area contributed by atoms with Crippen molar-refractivity contribution in [3.63, 3.8) is 0 Å². The maximum absolute atomic E-state index is 7.81. The minimum Gasteiger partial charge on any atom is -0.488 e. The fourth-order valence-corrected chi connectivity index (χ4v) is 4.29. The van der Waals surface area contributed by atoms with E-state index in [0.717, 1.165) is 33.6 Å². The van der Waals surface area contributed by atoms with Gasteiger partial charge in [0.25, 0.3) is 0 Å². The Morgan fingerprint density at radius 1 is 0.706 bits per heavy atom. The third-order valence-electron chi connectivity index (χ3n) is 6.14. The molecule has 0 saturated heterocycles. The molecule has 0 saturated carbocycles. The number of rotatable bonds is 6. The van der Waals surface area contributed by atoms with Crippen molar-refractivity contribution >= 4 is 11.8 Å². The van der Waals surface area contributed by atoms with E-state index in [1.807, 2.05) is 24.3 Å². The van der Waals surface area contributed by atoms with Crippen molar-refractivity contribution in [2.45, 2.75) is 0 Å². The molecule has 1 aliphatic heterocycles. The summed E-state index contributed by atoms with van der Waals surface area (Å²) in [7, 11) is 0. The van der Waals surface area contributed by atoms with Gasteiger partial charge in [-0.25, -0.2) is 0 Å². The zero-order chi connectivity index (χ0) is 23.3. The highest BCUT2D eigenvalue weighted by Crippen LogP contribution is 2.38. The van der Waals surface area contributed by atoms with Crippen LogP contribution in [0.15, 0.2) is 127 Å². The average molecular weight is 440 g/mol. The summed E-state index contributed by atoms with van der Waals surface area (Å²) in [5, 5.41) is 7.81. The molecular formula is C32H25NO. The Morgan fingerprint density at radius 2 is 1.24 bits per heavy atom. The van der Waals surface area contributed by atoms with Gasteiger partial charge in [0.05, 0.1) is 0 Å². The number of fused-ring (bicyclic) bond motifs is 1. The van der Waals surface area contributed by atoms with Crippen LogP contribution < -0.4 is 4.74 Å². The smallest absolute Gasteiger partial charge is 0.127 e. The van der Waals surface area contributed by atoms with E-state index < -0.39 is 0 Å². The van der Waals surface area contributed by atoms with Gasteiger partial charge in [0, 0.05) is 17.4 Å². The monoisotopic (exact) mass is 439 g/mol. The minimum atomic E-state index is 0.475. The van der Waals surface area contributed by atoms with Gasteiger partial charge in [0.15, 0.2) is 0 Å². The quantitative estimate of drug-likeness (QED) is 0.238. The van der Waals surface area contributed by atoms with Crippen molar-refractivity contribution in [2.24, 2.45) is 0 Å². The number of hydrogen-bond donors (Lipinski definition) is 1. The highest BCUT2D eigenvalue weighted by molar-refractivity contribution is 5.96. The minimum absolute atomic E-state index is 0.475. The highest BCUT2D eigenvalue weighted by atomic mass is 16.5. The molecule has 34 heavy (non-hydrogen) atoms. The molecule has 0 bridgehead atoms. The summed E-state index contributed by atoms with van der Waals surface area (Å²) in [5.41, 5.74) is 10.0. The highest BCUT2D eigenvalue weighted by Gasteiger charge is 2.20. The van der Waals surface area contributed by atoms with E-state index in [1.54, 1.807) is 6.08 Å². The van der Waals surface area contributed by atoms with E-state index in [4.69, 9.17) is 10.1 Å². The predicted molar refractivity (Wildman–Crippen MR) is 143 cm³/mol. The van der Waals surface area contributed by atoms with Crippen LogP contribution in [0, 0.1) is 5.41 Å². The second kappa shape index (κ2) is 9.60. The van der Waals surface area contributed by atoms with Crippen LogP contribution in [0.3, 0.4) is 0 Å². The van der Waals surface area contributed by atoms with Crippen molar-refractivity contribution in [2.75, 3.05) is 6.61 Å². The molecule has 0 spiro atoms. The number of hydrogen-bond acceptors (Lipinski definition) is 2. The van der Waals surface area contributed by atoms with E-state index in [1.165, 1.54) is 28.5 Å². The van der Waals surface area contributed by atoms with Crippen molar-refractivity contribution in [3.8, 4) is 39.1 Å². The molecule has 2 heteroatoms. The van der Waals surface area contributed by atoms with Crippen molar-refractivity contribution < 1.29 is 4.74 Å². The normalized spacial score (nSPS) is 13.9. The molecule has 4 aromatic carbocycles. The molecule has 0 fully saturated rings. The largest absolute Gasteiger partial charge is 0.488 e. The van der Waals surface area contributed by atoms with Crippen LogP contribution in [0.1, 0.15) is 5.56 Å². The fourth-order valence-electron chi connectivity index (χ4n) is 4.29. The van der Waals surface area contributed by atoms with Gasteiger partial charge in [-0.05, 0) is 51.1 Å². The molecular weight excluding hydrogens is 414 g/mol. The third kappa shape index (κ3) is 4.26. The first kappa shape index (κ1) is 21.4. The van der Waals surface area contributed by atoms with E-state index in [9.17, 15) is 0 Å². The number of ether oxygens (including phenoxy) is 1. The van der Waals surface area contributed by atoms with Crippen LogP contribution in [0.2, 0.25) is 0 Å². The summed E-state index contributed by atoms with van der Waals surface area (Å²) in [6, 6.07) is 34.1. The molecule has 0 aliphatic carbocycles. The molecule has 0 atom stereocenters.